The van der Waals surface area contributed by atoms with Gasteiger partial charge in [0.2, 0.25) is 0 Å². The summed E-state index contributed by atoms with van der Waals surface area (Å²) < 4.78 is 34.0. The Morgan fingerprint density at radius 1 is 0.800 bits per heavy atom. The van der Waals surface area contributed by atoms with Crippen molar-refractivity contribution < 1.29 is 28.9 Å². The average molecular weight is 397 g/mol. The van der Waals surface area contributed by atoms with Crippen molar-refractivity contribution in [3.63, 3.8) is 0 Å². The van der Waals surface area contributed by atoms with E-state index in [9.17, 15) is 0 Å². The highest BCUT2D eigenvalue weighted by Gasteiger charge is 2.39. The van der Waals surface area contributed by atoms with Gasteiger partial charge in [0.1, 0.15) is 4.91 Å². The summed E-state index contributed by atoms with van der Waals surface area (Å²) in [6, 6.07) is 17.9. The van der Waals surface area contributed by atoms with E-state index in [2.05, 4.69) is 54.6 Å². The third-order valence-corrected chi connectivity index (χ3v) is 7.77. The van der Waals surface area contributed by atoms with Crippen molar-refractivity contribution >= 4 is 22.7 Å². The Balaban J connectivity index is 0.000000324. The van der Waals surface area contributed by atoms with Crippen LogP contribution < -0.4 is 18.6 Å². The Morgan fingerprint density at radius 2 is 1.32 bits per heavy atom. The van der Waals surface area contributed by atoms with Crippen molar-refractivity contribution in [1.82, 2.24) is 0 Å². The highest BCUT2D eigenvalue weighted by atomic mass is 35.7. The monoisotopic (exact) mass is 396 g/mol. The van der Waals surface area contributed by atoms with E-state index in [1.807, 2.05) is 11.8 Å². The van der Waals surface area contributed by atoms with Crippen molar-refractivity contribution in [3.8, 4) is 0 Å². The summed E-state index contributed by atoms with van der Waals surface area (Å²) in [5.74, 6) is 0. The largest absolute Gasteiger partial charge is 0.222 e. The number of hydrogen-bond donors (Lipinski definition) is 0. The Bertz CT molecular complexity index is 722. The third-order valence-electron chi connectivity index (χ3n) is 3.87. The summed E-state index contributed by atoms with van der Waals surface area (Å²) in [4.78, 5) is 7.62. The maximum atomic E-state index is 8.49. The fourth-order valence-electron chi connectivity index (χ4n) is 2.92. The molecule has 4 rings (SSSR count). The van der Waals surface area contributed by atoms with Gasteiger partial charge in [0.25, 0.3) is 0 Å². The molecule has 1 aliphatic heterocycles. The standard InChI is InChI=1S/C18H17S2.ClHO4/c1-2-8-14(9-3-1)20-17-12-6-4-10-15(17)19-16-11-5-7-13-18(16)20;2-1(3,4)5/h4-8,10-13H,1-3,9H2;(H,2,3,4,5)/q+1;/p-1. The summed E-state index contributed by atoms with van der Waals surface area (Å²) in [6.45, 7) is 0. The SMILES string of the molecule is C1=C([S+]2c3ccccc3Sc3ccccc32)CCCC1.[O-][Cl+3]([O-])([O-])[O-]. The summed E-state index contributed by atoms with van der Waals surface area (Å²) >= 11 is 1.93. The minimum atomic E-state index is -4.94. The lowest BCUT2D eigenvalue weighted by atomic mass is 10.1. The number of fused-ring (bicyclic) bond motifs is 2. The second kappa shape index (κ2) is 8.14. The molecule has 132 valence electrons. The molecule has 1 aliphatic carbocycles. The van der Waals surface area contributed by atoms with Crippen LogP contribution in [0.1, 0.15) is 25.7 Å². The zero-order valence-electron chi connectivity index (χ0n) is 13.4. The fourth-order valence-corrected chi connectivity index (χ4v) is 6.94. The van der Waals surface area contributed by atoms with Crippen molar-refractivity contribution in [2.75, 3.05) is 0 Å². The lowest BCUT2D eigenvalue weighted by molar-refractivity contribution is -2.00. The maximum Gasteiger partial charge on any atom is 0.180 e. The zero-order valence-corrected chi connectivity index (χ0v) is 15.7. The van der Waals surface area contributed by atoms with Crippen LogP contribution in [0.15, 0.2) is 79.1 Å². The number of hydrogen-bond acceptors (Lipinski definition) is 5. The van der Waals surface area contributed by atoms with Crippen LogP contribution in [-0.4, -0.2) is 0 Å². The van der Waals surface area contributed by atoms with Crippen molar-refractivity contribution in [1.29, 1.82) is 0 Å². The normalized spacial score (nSPS) is 16.9. The summed E-state index contributed by atoms with van der Waals surface area (Å²) in [5, 5.41) is 0. The van der Waals surface area contributed by atoms with Crippen molar-refractivity contribution in [2.45, 2.75) is 45.3 Å². The molecule has 1 heterocycles. The minimum Gasteiger partial charge on any atom is -0.222 e. The second-order valence-electron chi connectivity index (χ2n) is 5.60. The fraction of sp³-hybridized carbons (Fsp3) is 0.222. The van der Waals surface area contributed by atoms with Gasteiger partial charge in [-0.3, -0.25) is 0 Å². The van der Waals surface area contributed by atoms with Crippen LogP contribution in [0, 0.1) is 10.2 Å². The van der Waals surface area contributed by atoms with Gasteiger partial charge in [-0.1, -0.05) is 36.0 Å². The molecular weight excluding hydrogens is 380 g/mol. The van der Waals surface area contributed by atoms with Gasteiger partial charge in [-0.2, -0.15) is 0 Å². The molecule has 0 radical (unpaired) electrons. The van der Waals surface area contributed by atoms with E-state index in [0.717, 1.165) is 0 Å². The second-order valence-corrected chi connectivity index (χ2v) is 9.45. The summed E-state index contributed by atoms with van der Waals surface area (Å²) in [7, 11) is -4.79. The molecule has 2 aliphatic rings. The Hall–Kier alpha value is -0.990. The van der Waals surface area contributed by atoms with Gasteiger partial charge in [0.15, 0.2) is 9.79 Å². The molecule has 0 saturated heterocycles. The number of rotatable bonds is 1. The molecule has 25 heavy (non-hydrogen) atoms. The highest BCUT2D eigenvalue weighted by Crippen LogP contribution is 2.49. The van der Waals surface area contributed by atoms with E-state index in [1.165, 1.54) is 45.3 Å². The topological polar surface area (TPSA) is 92.2 Å². The Labute approximate surface area is 156 Å². The quantitative estimate of drug-likeness (QED) is 0.667. The van der Waals surface area contributed by atoms with Gasteiger partial charge in [-0.05, 0) is 49.6 Å². The van der Waals surface area contributed by atoms with E-state index in [-0.39, 0.29) is 10.9 Å². The van der Waals surface area contributed by atoms with Crippen LogP contribution in [0.2, 0.25) is 0 Å². The molecular formula is C18H17ClO4S2. The Morgan fingerprint density at radius 3 is 1.80 bits per heavy atom. The molecule has 0 N–H and O–H groups in total. The third kappa shape index (κ3) is 5.01. The summed E-state index contributed by atoms with van der Waals surface area (Å²) in [5.41, 5.74) is 0. The average Bonchev–Trinajstić information content (AvgIpc) is 2.59. The van der Waals surface area contributed by atoms with Crippen LogP contribution in [0.3, 0.4) is 0 Å². The zero-order chi connectivity index (χ0) is 17.9. The van der Waals surface area contributed by atoms with Crippen molar-refractivity contribution in [2.24, 2.45) is 0 Å². The molecule has 0 saturated carbocycles. The van der Waals surface area contributed by atoms with Gasteiger partial charge in [0.05, 0.1) is 20.7 Å². The smallest absolute Gasteiger partial charge is 0.180 e. The number of halogens is 1. The summed E-state index contributed by atoms with van der Waals surface area (Å²) in [6.07, 6.45) is 7.76. The first-order chi connectivity index (χ1) is 11.9. The van der Waals surface area contributed by atoms with Crippen LogP contribution in [0.25, 0.3) is 0 Å². The first kappa shape index (κ1) is 18.8. The molecule has 2 aromatic carbocycles. The van der Waals surface area contributed by atoms with Gasteiger partial charge in [0, 0.05) is 6.42 Å². The predicted molar refractivity (Wildman–Crippen MR) is 87.5 cm³/mol. The van der Waals surface area contributed by atoms with Gasteiger partial charge < -0.3 is 0 Å². The molecule has 0 aromatic heterocycles. The first-order valence-electron chi connectivity index (χ1n) is 7.84. The lowest BCUT2D eigenvalue weighted by Gasteiger charge is -2.21. The van der Waals surface area contributed by atoms with Crippen LogP contribution >= 0.6 is 11.8 Å². The molecule has 7 heteroatoms. The van der Waals surface area contributed by atoms with E-state index < -0.39 is 10.2 Å². The Kier molecular flexibility index (Phi) is 6.12. The molecule has 0 fully saturated rings. The van der Waals surface area contributed by atoms with Crippen molar-refractivity contribution in [3.05, 3.63) is 59.5 Å². The molecule has 0 amide bonds. The lowest BCUT2D eigenvalue weighted by Crippen LogP contribution is -2.68. The predicted octanol–water partition coefficient (Wildman–Crippen LogP) is 0.889. The molecule has 2 aromatic rings. The molecule has 0 bridgehead atoms. The number of allylic oxidation sites excluding steroid dienone is 2. The van der Waals surface area contributed by atoms with E-state index in [4.69, 9.17) is 18.6 Å². The molecule has 4 nitrogen and oxygen atoms in total. The van der Waals surface area contributed by atoms with E-state index >= 15 is 0 Å². The van der Waals surface area contributed by atoms with E-state index in [0.29, 0.717) is 0 Å². The minimum absolute atomic E-state index is 0.159. The molecule has 0 spiro atoms. The van der Waals surface area contributed by atoms with Crippen LogP contribution in [0.5, 0.6) is 0 Å². The van der Waals surface area contributed by atoms with Gasteiger partial charge in [-0.25, -0.2) is 18.6 Å². The number of benzene rings is 2. The molecule has 0 unspecified atom stereocenters. The van der Waals surface area contributed by atoms with Gasteiger partial charge in [-0.15, -0.1) is 10.2 Å². The maximum absolute atomic E-state index is 8.49. The highest BCUT2D eigenvalue weighted by molar-refractivity contribution is 8.05. The van der Waals surface area contributed by atoms with Crippen LogP contribution in [0.4, 0.5) is 0 Å². The van der Waals surface area contributed by atoms with E-state index in [1.54, 1.807) is 4.91 Å². The molecule has 0 atom stereocenters. The van der Waals surface area contributed by atoms with Gasteiger partial charge >= 0.3 is 0 Å². The first-order valence-corrected chi connectivity index (χ1v) is 11.1. The van der Waals surface area contributed by atoms with Crippen LogP contribution in [-0.2, 0) is 10.9 Å².